The van der Waals surface area contributed by atoms with E-state index in [0.29, 0.717) is 29.5 Å². The third-order valence-corrected chi connectivity index (χ3v) is 3.71. The minimum Gasteiger partial charge on any atom is -0.345 e. The number of likely N-dealkylation sites (tertiary alicyclic amines) is 1. The largest absolute Gasteiger partial charge is 0.347 e. The van der Waals surface area contributed by atoms with E-state index in [-0.39, 0.29) is 17.5 Å². The van der Waals surface area contributed by atoms with E-state index in [1.165, 1.54) is 4.57 Å². The highest BCUT2D eigenvalue weighted by atomic mass is 35.5. The molecule has 1 aliphatic heterocycles. The van der Waals surface area contributed by atoms with Crippen LogP contribution in [0.25, 0.3) is 5.69 Å². The first-order chi connectivity index (χ1) is 9.56. The van der Waals surface area contributed by atoms with Gasteiger partial charge in [0.1, 0.15) is 5.82 Å². The van der Waals surface area contributed by atoms with E-state index in [1.807, 2.05) is 0 Å². The number of halogens is 1. The average molecular weight is 293 g/mol. The van der Waals surface area contributed by atoms with Crippen molar-refractivity contribution in [3.8, 4) is 5.69 Å². The lowest BCUT2D eigenvalue weighted by Gasteiger charge is -2.11. The number of hydrogen-bond acceptors (Lipinski definition) is 3. The van der Waals surface area contributed by atoms with Crippen LogP contribution in [0.5, 0.6) is 0 Å². The molecule has 1 atom stereocenters. The summed E-state index contributed by atoms with van der Waals surface area (Å²) in [6.07, 6.45) is 0.362. The Kier molecular flexibility index (Phi) is 3.10. The van der Waals surface area contributed by atoms with Crippen LogP contribution in [-0.4, -0.2) is 39.2 Å². The van der Waals surface area contributed by atoms with Gasteiger partial charge in [0, 0.05) is 31.0 Å². The van der Waals surface area contributed by atoms with Crippen molar-refractivity contribution in [2.75, 3.05) is 13.6 Å². The van der Waals surface area contributed by atoms with Crippen molar-refractivity contribution in [2.45, 2.75) is 12.3 Å². The second-order valence-electron chi connectivity index (χ2n) is 4.88. The van der Waals surface area contributed by atoms with E-state index in [0.717, 1.165) is 0 Å². The van der Waals surface area contributed by atoms with Crippen molar-refractivity contribution >= 4 is 17.5 Å². The highest BCUT2D eigenvalue weighted by molar-refractivity contribution is 6.30. The monoisotopic (exact) mass is 292 g/mol. The fourth-order valence-electron chi connectivity index (χ4n) is 2.48. The van der Waals surface area contributed by atoms with Crippen molar-refractivity contribution in [1.82, 2.24) is 19.7 Å². The molecule has 1 N–H and O–H groups in total. The average Bonchev–Trinajstić information content (AvgIpc) is 2.93. The molecule has 1 aliphatic rings. The summed E-state index contributed by atoms with van der Waals surface area (Å²) in [6, 6.07) is 6.99. The summed E-state index contributed by atoms with van der Waals surface area (Å²) < 4.78 is 1.48. The third-order valence-electron chi connectivity index (χ3n) is 3.47. The molecule has 1 aromatic carbocycles. The minimum atomic E-state index is -0.329. The molecule has 0 bridgehead atoms. The van der Waals surface area contributed by atoms with Gasteiger partial charge in [-0.2, -0.15) is 5.10 Å². The van der Waals surface area contributed by atoms with Crippen LogP contribution < -0.4 is 5.69 Å². The first kappa shape index (κ1) is 12.9. The molecule has 2 aromatic rings. The summed E-state index contributed by atoms with van der Waals surface area (Å²) in [4.78, 5) is 25.3. The number of nitrogens with zero attached hydrogens (tertiary/aromatic N) is 3. The third kappa shape index (κ3) is 2.12. The van der Waals surface area contributed by atoms with Crippen LogP contribution in [0.4, 0.5) is 0 Å². The predicted molar refractivity (Wildman–Crippen MR) is 74.2 cm³/mol. The van der Waals surface area contributed by atoms with Crippen LogP contribution in [0.15, 0.2) is 29.1 Å². The van der Waals surface area contributed by atoms with Crippen molar-refractivity contribution in [2.24, 2.45) is 0 Å². The highest BCUT2D eigenvalue weighted by Crippen LogP contribution is 2.26. The van der Waals surface area contributed by atoms with Crippen LogP contribution >= 0.6 is 11.6 Å². The second-order valence-corrected chi connectivity index (χ2v) is 5.31. The molecule has 20 heavy (non-hydrogen) atoms. The number of benzene rings is 1. The molecule has 0 radical (unpaired) electrons. The van der Waals surface area contributed by atoms with Crippen LogP contribution in [0.3, 0.4) is 0 Å². The summed E-state index contributed by atoms with van der Waals surface area (Å²) in [6.45, 7) is 0.559. The van der Waals surface area contributed by atoms with E-state index < -0.39 is 0 Å². The molecule has 0 spiro atoms. The zero-order chi connectivity index (χ0) is 14.3. The van der Waals surface area contributed by atoms with Gasteiger partial charge in [-0.05, 0) is 18.2 Å². The Bertz CT molecular complexity index is 721. The molecule has 0 saturated carbocycles. The number of carbonyl (C=O) groups excluding carboxylic acids is 1. The van der Waals surface area contributed by atoms with E-state index in [9.17, 15) is 9.59 Å². The number of carbonyl (C=O) groups is 1. The number of rotatable bonds is 2. The van der Waals surface area contributed by atoms with E-state index in [2.05, 4.69) is 10.2 Å². The SMILES string of the molecule is CN1C[C@H](c2n[nH]c(=O)n2-c2cccc(Cl)c2)CC1=O. The van der Waals surface area contributed by atoms with Crippen LogP contribution in [0.1, 0.15) is 18.2 Å². The summed E-state index contributed by atoms with van der Waals surface area (Å²) in [5.74, 6) is 0.531. The summed E-state index contributed by atoms with van der Waals surface area (Å²) >= 11 is 5.96. The maximum Gasteiger partial charge on any atom is 0.347 e. The standard InChI is InChI=1S/C13H13ClN4O2/c1-17-7-8(5-11(17)19)12-15-16-13(20)18(12)10-4-2-3-9(14)6-10/h2-4,6,8H,5,7H2,1H3,(H,16,20)/t8-/m1/s1. The summed E-state index contributed by atoms with van der Waals surface area (Å²) in [5, 5.41) is 7.07. The van der Waals surface area contributed by atoms with Gasteiger partial charge in [-0.15, -0.1) is 0 Å². The van der Waals surface area contributed by atoms with Gasteiger partial charge in [0.15, 0.2) is 0 Å². The summed E-state index contributed by atoms with van der Waals surface area (Å²) in [5.41, 5.74) is 0.317. The molecule has 1 fully saturated rings. The maximum absolute atomic E-state index is 12.0. The van der Waals surface area contributed by atoms with Gasteiger partial charge in [-0.3, -0.25) is 4.79 Å². The Labute approximate surface area is 120 Å². The highest BCUT2D eigenvalue weighted by Gasteiger charge is 2.32. The molecule has 0 aliphatic carbocycles. The number of aromatic amines is 1. The number of aromatic nitrogens is 3. The molecule has 104 valence electrons. The van der Waals surface area contributed by atoms with Gasteiger partial charge in [-0.25, -0.2) is 14.5 Å². The van der Waals surface area contributed by atoms with Crippen molar-refractivity contribution in [3.05, 3.63) is 45.6 Å². The first-order valence-corrected chi connectivity index (χ1v) is 6.61. The number of amides is 1. The van der Waals surface area contributed by atoms with Crippen molar-refractivity contribution in [1.29, 1.82) is 0 Å². The Balaban J connectivity index is 2.07. The van der Waals surface area contributed by atoms with Crippen molar-refractivity contribution in [3.63, 3.8) is 0 Å². The molecule has 0 unspecified atom stereocenters. The topological polar surface area (TPSA) is 71.0 Å². The maximum atomic E-state index is 12.0. The number of H-pyrrole nitrogens is 1. The lowest BCUT2D eigenvalue weighted by molar-refractivity contribution is -0.126. The molecule has 1 aromatic heterocycles. The number of hydrogen-bond donors (Lipinski definition) is 1. The fourth-order valence-corrected chi connectivity index (χ4v) is 2.67. The number of likely N-dealkylation sites (N-methyl/N-ethyl adjacent to an activating group) is 1. The Morgan fingerprint density at radius 3 is 2.85 bits per heavy atom. The molecule has 1 saturated heterocycles. The van der Waals surface area contributed by atoms with Crippen LogP contribution in [0.2, 0.25) is 5.02 Å². The van der Waals surface area contributed by atoms with Crippen LogP contribution in [0, 0.1) is 0 Å². The molecule has 7 heteroatoms. The minimum absolute atomic E-state index is 0.0584. The molecular formula is C13H13ClN4O2. The Hall–Kier alpha value is -2.08. The molecule has 1 amide bonds. The Morgan fingerprint density at radius 1 is 1.40 bits per heavy atom. The van der Waals surface area contributed by atoms with Gasteiger partial charge in [0.2, 0.25) is 5.91 Å². The van der Waals surface area contributed by atoms with Gasteiger partial charge < -0.3 is 4.90 Å². The fraction of sp³-hybridized carbons (Fsp3) is 0.308. The molecule has 2 heterocycles. The van der Waals surface area contributed by atoms with Gasteiger partial charge in [-0.1, -0.05) is 17.7 Å². The second kappa shape index (κ2) is 4.79. The van der Waals surface area contributed by atoms with Gasteiger partial charge in [0.05, 0.1) is 5.69 Å². The van der Waals surface area contributed by atoms with Crippen LogP contribution in [-0.2, 0) is 4.79 Å². The first-order valence-electron chi connectivity index (χ1n) is 6.23. The smallest absolute Gasteiger partial charge is 0.345 e. The zero-order valence-corrected chi connectivity index (χ0v) is 11.6. The zero-order valence-electron chi connectivity index (χ0n) is 10.8. The normalized spacial score (nSPS) is 18.8. The number of nitrogens with one attached hydrogen (secondary N) is 1. The quantitative estimate of drug-likeness (QED) is 0.903. The lowest BCUT2D eigenvalue weighted by Crippen LogP contribution is -2.21. The summed E-state index contributed by atoms with van der Waals surface area (Å²) in [7, 11) is 1.75. The molecule has 3 rings (SSSR count). The predicted octanol–water partition coefficient (Wildman–Crippen LogP) is 1.16. The van der Waals surface area contributed by atoms with Crippen molar-refractivity contribution < 1.29 is 4.79 Å². The lowest BCUT2D eigenvalue weighted by atomic mass is 10.1. The van der Waals surface area contributed by atoms with Gasteiger partial charge in [0.25, 0.3) is 0 Å². The van der Waals surface area contributed by atoms with E-state index >= 15 is 0 Å². The van der Waals surface area contributed by atoms with E-state index in [4.69, 9.17) is 11.6 Å². The molecule has 6 nitrogen and oxygen atoms in total. The van der Waals surface area contributed by atoms with Gasteiger partial charge >= 0.3 is 5.69 Å². The Morgan fingerprint density at radius 2 is 2.20 bits per heavy atom. The van der Waals surface area contributed by atoms with E-state index in [1.54, 1.807) is 36.2 Å². The molecular weight excluding hydrogens is 280 g/mol.